The molecule has 3 nitrogen and oxygen atoms in total. The molecule has 1 atom stereocenters. The van der Waals surface area contributed by atoms with E-state index in [1.807, 2.05) is 18.7 Å². The maximum absolute atomic E-state index is 11.7. The summed E-state index contributed by atoms with van der Waals surface area (Å²) in [5.74, 6) is 0.933. The van der Waals surface area contributed by atoms with E-state index in [1.54, 1.807) is 0 Å². The van der Waals surface area contributed by atoms with Crippen molar-refractivity contribution < 1.29 is 4.79 Å². The number of carbonyl (C=O) groups excluding carboxylic acids is 1. The summed E-state index contributed by atoms with van der Waals surface area (Å²) in [5, 5.41) is 3.44. The van der Waals surface area contributed by atoms with Crippen LogP contribution in [0.4, 0.5) is 0 Å². The summed E-state index contributed by atoms with van der Waals surface area (Å²) in [6.45, 7) is 13.2. The van der Waals surface area contributed by atoms with Gasteiger partial charge in [-0.2, -0.15) is 0 Å². The average Bonchev–Trinajstić information content (AvgIpc) is 2.25. The Balaban J connectivity index is 3.62. The highest BCUT2D eigenvalue weighted by Gasteiger charge is 2.09. The van der Waals surface area contributed by atoms with Gasteiger partial charge in [-0.25, -0.2) is 0 Å². The van der Waals surface area contributed by atoms with E-state index in [1.165, 1.54) is 0 Å². The lowest BCUT2D eigenvalue weighted by Crippen LogP contribution is -2.33. The van der Waals surface area contributed by atoms with Crippen molar-refractivity contribution in [2.75, 3.05) is 19.6 Å². The van der Waals surface area contributed by atoms with Crippen LogP contribution in [-0.4, -0.2) is 36.5 Å². The van der Waals surface area contributed by atoms with Crippen LogP contribution in [0.3, 0.4) is 0 Å². The highest BCUT2D eigenvalue weighted by Crippen LogP contribution is 2.01. The van der Waals surface area contributed by atoms with Gasteiger partial charge in [0.05, 0.1) is 0 Å². The maximum Gasteiger partial charge on any atom is 0.222 e. The van der Waals surface area contributed by atoms with Gasteiger partial charge in [-0.1, -0.05) is 13.8 Å². The first-order valence-corrected chi connectivity index (χ1v) is 6.54. The molecule has 0 rings (SSSR count). The van der Waals surface area contributed by atoms with Gasteiger partial charge in [0.25, 0.3) is 0 Å². The van der Waals surface area contributed by atoms with E-state index in [0.29, 0.717) is 18.4 Å². The third kappa shape index (κ3) is 6.11. The SMILES string of the molecule is CCN(CC)C(=O)CCCNC(C)C(C)C. The molecule has 0 spiro atoms. The Morgan fingerprint density at radius 1 is 1.19 bits per heavy atom. The Hall–Kier alpha value is -0.570. The van der Waals surface area contributed by atoms with Crippen LogP contribution in [0.2, 0.25) is 0 Å². The number of nitrogens with zero attached hydrogens (tertiary/aromatic N) is 1. The van der Waals surface area contributed by atoms with Gasteiger partial charge >= 0.3 is 0 Å². The minimum absolute atomic E-state index is 0.281. The Labute approximate surface area is 101 Å². The van der Waals surface area contributed by atoms with E-state index < -0.39 is 0 Å². The molecule has 0 aliphatic carbocycles. The largest absolute Gasteiger partial charge is 0.343 e. The highest BCUT2D eigenvalue weighted by atomic mass is 16.2. The van der Waals surface area contributed by atoms with E-state index >= 15 is 0 Å². The topological polar surface area (TPSA) is 32.3 Å². The van der Waals surface area contributed by atoms with Crippen LogP contribution in [-0.2, 0) is 4.79 Å². The number of rotatable bonds is 8. The fourth-order valence-electron chi connectivity index (χ4n) is 1.54. The molecule has 0 radical (unpaired) electrons. The molecule has 1 amide bonds. The molecule has 0 saturated heterocycles. The summed E-state index contributed by atoms with van der Waals surface area (Å²) in [7, 11) is 0. The van der Waals surface area contributed by atoms with Crippen LogP contribution in [0.1, 0.15) is 47.5 Å². The molecule has 0 aromatic carbocycles. The van der Waals surface area contributed by atoms with Crippen molar-refractivity contribution in [3.8, 4) is 0 Å². The average molecular weight is 228 g/mol. The zero-order chi connectivity index (χ0) is 12.6. The molecule has 0 aliphatic rings. The van der Waals surface area contributed by atoms with Crippen molar-refractivity contribution in [1.29, 1.82) is 0 Å². The zero-order valence-corrected chi connectivity index (χ0v) is 11.5. The molecule has 1 N–H and O–H groups in total. The molecular weight excluding hydrogens is 200 g/mol. The van der Waals surface area contributed by atoms with Crippen molar-refractivity contribution in [2.24, 2.45) is 5.92 Å². The summed E-state index contributed by atoms with van der Waals surface area (Å²) in [6.07, 6.45) is 1.60. The Bertz CT molecular complexity index is 188. The Morgan fingerprint density at radius 2 is 1.75 bits per heavy atom. The van der Waals surface area contributed by atoms with Crippen molar-refractivity contribution >= 4 is 5.91 Å². The second-order valence-electron chi connectivity index (χ2n) is 4.66. The normalized spacial score (nSPS) is 12.9. The Kier molecular flexibility index (Phi) is 8.26. The van der Waals surface area contributed by atoms with Crippen molar-refractivity contribution in [3.63, 3.8) is 0 Å². The fourth-order valence-corrected chi connectivity index (χ4v) is 1.54. The standard InChI is InChI=1S/C13H28N2O/c1-6-15(7-2)13(16)9-8-10-14-12(5)11(3)4/h11-12,14H,6-10H2,1-5H3. The number of hydrogen-bond acceptors (Lipinski definition) is 2. The second-order valence-corrected chi connectivity index (χ2v) is 4.66. The number of hydrogen-bond donors (Lipinski definition) is 1. The van der Waals surface area contributed by atoms with Gasteiger partial charge < -0.3 is 10.2 Å². The van der Waals surface area contributed by atoms with E-state index in [9.17, 15) is 4.79 Å². The predicted molar refractivity (Wildman–Crippen MR) is 69.5 cm³/mol. The third-order valence-electron chi connectivity index (χ3n) is 3.15. The lowest BCUT2D eigenvalue weighted by molar-refractivity contribution is -0.130. The molecule has 0 fully saturated rings. The van der Waals surface area contributed by atoms with E-state index in [0.717, 1.165) is 26.1 Å². The molecular formula is C13H28N2O. The summed E-state index contributed by atoms with van der Waals surface area (Å²) in [6, 6.07) is 0.531. The summed E-state index contributed by atoms with van der Waals surface area (Å²) in [5.41, 5.74) is 0. The minimum Gasteiger partial charge on any atom is -0.343 e. The van der Waals surface area contributed by atoms with Gasteiger partial charge in [-0.05, 0) is 39.7 Å². The van der Waals surface area contributed by atoms with Gasteiger partial charge in [-0.15, -0.1) is 0 Å². The lowest BCUT2D eigenvalue weighted by atomic mass is 10.1. The lowest BCUT2D eigenvalue weighted by Gasteiger charge is -2.20. The van der Waals surface area contributed by atoms with Crippen molar-refractivity contribution in [3.05, 3.63) is 0 Å². The summed E-state index contributed by atoms with van der Waals surface area (Å²) in [4.78, 5) is 13.6. The first kappa shape index (κ1) is 15.4. The fraction of sp³-hybridized carbons (Fsp3) is 0.923. The van der Waals surface area contributed by atoms with E-state index in [-0.39, 0.29) is 5.91 Å². The molecule has 16 heavy (non-hydrogen) atoms. The minimum atomic E-state index is 0.281. The zero-order valence-electron chi connectivity index (χ0n) is 11.5. The van der Waals surface area contributed by atoms with Crippen LogP contribution in [0.25, 0.3) is 0 Å². The molecule has 3 heteroatoms. The van der Waals surface area contributed by atoms with Gasteiger partial charge in [-0.3, -0.25) is 4.79 Å². The van der Waals surface area contributed by atoms with Crippen molar-refractivity contribution in [1.82, 2.24) is 10.2 Å². The molecule has 96 valence electrons. The van der Waals surface area contributed by atoms with Crippen molar-refractivity contribution in [2.45, 2.75) is 53.5 Å². The molecule has 1 unspecified atom stereocenters. The van der Waals surface area contributed by atoms with Gasteiger partial charge in [0.1, 0.15) is 0 Å². The maximum atomic E-state index is 11.7. The second kappa shape index (κ2) is 8.57. The number of amides is 1. The van der Waals surface area contributed by atoms with Crippen LogP contribution in [0, 0.1) is 5.92 Å². The summed E-state index contributed by atoms with van der Waals surface area (Å²) >= 11 is 0. The van der Waals surface area contributed by atoms with E-state index in [4.69, 9.17) is 0 Å². The van der Waals surface area contributed by atoms with Gasteiger partial charge in [0, 0.05) is 25.6 Å². The van der Waals surface area contributed by atoms with Crippen LogP contribution >= 0.6 is 0 Å². The third-order valence-corrected chi connectivity index (χ3v) is 3.15. The quantitative estimate of drug-likeness (QED) is 0.646. The molecule has 0 aromatic heterocycles. The number of carbonyl (C=O) groups is 1. The van der Waals surface area contributed by atoms with Crippen LogP contribution < -0.4 is 5.32 Å². The molecule has 0 saturated carbocycles. The van der Waals surface area contributed by atoms with Crippen LogP contribution in [0.5, 0.6) is 0 Å². The Morgan fingerprint density at radius 3 is 2.19 bits per heavy atom. The molecule has 0 bridgehead atoms. The first-order valence-electron chi connectivity index (χ1n) is 6.54. The van der Waals surface area contributed by atoms with Gasteiger partial charge in [0.15, 0.2) is 0 Å². The van der Waals surface area contributed by atoms with E-state index in [2.05, 4.69) is 26.1 Å². The first-order chi connectivity index (χ1) is 7.52. The summed E-state index contributed by atoms with van der Waals surface area (Å²) < 4.78 is 0. The predicted octanol–water partition coefficient (Wildman–Crippen LogP) is 2.27. The molecule has 0 heterocycles. The van der Waals surface area contributed by atoms with Gasteiger partial charge in [0.2, 0.25) is 5.91 Å². The smallest absolute Gasteiger partial charge is 0.222 e. The number of nitrogens with one attached hydrogen (secondary N) is 1. The van der Waals surface area contributed by atoms with Crippen LogP contribution in [0.15, 0.2) is 0 Å². The molecule has 0 aliphatic heterocycles. The highest BCUT2D eigenvalue weighted by molar-refractivity contribution is 5.76. The monoisotopic (exact) mass is 228 g/mol. The molecule has 0 aromatic rings.